The van der Waals surface area contributed by atoms with Crippen molar-refractivity contribution in [2.24, 2.45) is 0 Å². The highest BCUT2D eigenvalue weighted by atomic mass is 16.5. The molecule has 0 aliphatic carbocycles. The number of hydrogen-bond donors (Lipinski definition) is 2. The Balaban J connectivity index is 1.74. The van der Waals surface area contributed by atoms with Crippen LogP contribution in [0.25, 0.3) is 0 Å². The van der Waals surface area contributed by atoms with Gasteiger partial charge in [-0.3, -0.25) is 4.79 Å². The summed E-state index contributed by atoms with van der Waals surface area (Å²) in [6.45, 7) is 4.40. The molecular weight excluding hydrogens is 318 g/mol. The van der Waals surface area contributed by atoms with Crippen molar-refractivity contribution in [3.63, 3.8) is 0 Å². The minimum absolute atomic E-state index is 0.124. The van der Waals surface area contributed by atoms with Crippen molar-refractivity contribution < 1.29 is 19.4 Å². The van der Waals surface area contributed by atoms with Gasteiger partial charge in [0, 0.05) is 12.1 Å². The number of nitrogens with one attached hydrogen (secondary N) is 1. The second-order valence-corrected chi connectivity index (χ2v) is 6.01. The molecule has 25 heavy (non-hydrogen) atoms. The van der Waals surface area contributed by atoms with Gasteiger partial charge in [-0.1, -0.05) is 18.2 Å². The van der Waals surface area contributed by atoms with E-state index in [-0.39, 0.29) is 11.5 Å². The van der Waals surface area contributed by atoms with Crippen molar-refractivity contribution >= 4 is 17.6 Å². The molecule has 0 heterocycles. The number of unbranched alkanes of at least 4 members (excludes halogenated alkanes) is 1. The van der Waals surface area contributed by atoms with E-state index in [1.165, 1.54) is 12.1 Å². The van der Waals surface area contributed by atoms with Crippen molar-refractivity contribution in [1.29, 1.82) is 0 Å². The summed E-state index contributed by atoms with van der Waals surface area (Å²) in [4.78, 5) is 23.0. The van der Waals surface area contributed by atoms with Gasteiger partial charge in [0.2, 0.25) is 5.91 Å². The van der Waals surface area contributed by atoms with Gasteiger partial charge in [0.25, 0.3) is 0 Å². The first-order valence-corrected chi connectivity index (χ1v) is 8.29. The molecule has 0 bridgehead atoms. The second kappa shape index (κ2) is 8.87. The Morgan fingerprint density at radius 1 is 1.08 bits per heavy atom. The van der Waals surface area contributed by atoms with Crippen LogP contribution in [-0.4, -0.2) is 23.6 Å². The summed E-state index contributed by atoms with van der Waals surface area (Å²) >= 11 is 0. The van der Waals surface area contributed by atoms with Crippen LogP contribution in [0.15, 0.2) is 42.5 Å². The number of amides is 1. The third-order valence-corrected chi connectivity index (χ3v) is 3.82. The van der Waals surface area contributed by atoms with Gasteiger partial charge in [0.05, 0.1) is 12.2 Å². The summed E-state index contributed by atoms with van der Waals surface area (Å²) in [5.74, 6) is -0.296. The maximum atomic E-state index is 12.0. The molecule has 5 heteroatoms. The SMILES string of the molecule is Cc1cccc(OCCCCC(=O)Nc2cc(C(=O)O)ccc2C)c1. The zero-order chi connectivity index (χ0) is 18.2. The Morgan fingerprint density at radius 3 is 2.60 bits per heavy atom. The highest BCUT2D eigenvalue weighted by Crippen LogP contribution is 2.18. The number of aryl methyl sites for hydroxylation is 2. The smallest absolute Gasteiger partial charge is 0.335 e. The largest absolute Gasteiger partial charge is 0.494 e. The van der Waals surface area contributed by atoms with Crippen LogP contribution in [-0.2, 0) is 4.79 Å². The molecule has 0 aromatic heterocycles. The van der Waals surface area contributed by atoms with E-state index in [0.717, 1.165) is 23.3 Å². The maximum absolute atomic E-state index is 12.0. The van der Waals surface area contributed by atoms with Gasteiger partial charge in [-0.25, -0.2) is 4.79 Å². The van der Waals surface area contributed by atoms with E-state index in [9.17, 15) is 9.59 Å². The van der Waals surface area contributed by atoms with E-state index in [2.05, 4.69) is 5.32 Å². The predicted molar refractivity (Wildman–Crippen MR) is 97.3 cm³/mol. The fourth-order valence-electron chi connectivity index (χ4n) is 2.39. The lowest BCUT2D eigenvalue weighted by Crippen LogP contribution is -2.13. The van der Waals surface area contributed by atoms with Gasteiger partial charge < -0.3 is 15.2 Å². The highest BCUT2D eigenvalue weighted by molar-refractivity contribution is 5.94. The monoisotopic (exact) mass is 341 g/mol. The summed E-state index contributed by atoms with van der Waals surface area (Å²) in [5.41, 5.74) is 2.69. The first-order chi connectivity index (χ1) is 12.0. The molecule has 0 aliphatic rings. The van der Waals surface area contributed by atoms with E-state index in [1.54, 1.807) is 6.07 Å². The van der Waals surface area contributed by atoms with E-state index in [0.29, 0.717) is 25.1 Å². The molecule has 0 aliphatic heterocycles. The molecule has 5 nitrogen and oxygen atoms in total. The van der Waals surface area contributed by atoms with Crippen molar-refractivity contribution in [3.05, 3.63) is 59.2 Å². The lowest BCUT2D eigenvalue weighted by atomic mass is 10.1. The van der Waals surface area contributed by atoms with Crippen LogP contribution in [0.1, 0.15) is 40.7 Å². The van der Waals surface area contributed by atoms with E-state index >= 15 is 0 Å². The predicted octanol–water partition coefficient (Wildman–Crippen LogP) is 4.19. The third-order valence-electron chi connectivity index (χ3n) is 3.82. The summed E-state index contributed by atoms with van der Waals surface area (Å²) in [7, 11) is 0. The maximum Gasteiger partial charge on any atom is 0.335 e. The van der Waals surface area contributed by atoms with Crippen LogP contribution in [0.3, 0.4) is 0 Å². The molecule has 0 saturated carbocycles. The van der Waals surface area contributed by atoms with E-state index < -0.39 is 5.97 Å². The van der Waals surface area contributed by atoms with Crippen LogP contribution >= 0.6 is 0 Å². The van der Waals surface area contributed by atoms with E-state index in [1.807, 2.05) is 38.1 Å². The first-order valence-electron chi connectivity index (χ1n) is 8.29. The number of ether oxygens (including phenoxy) is 1. The lowest BCUT2D eigenvalue weighted by molar-refractivity contribution is -0.116. The average Bonchev–Trinajstić information content (AvgIpc) is 2.56. The highest BCUT2D eigenvalue weighted by Gasteiger charge is 2.09. The standard InChI is InChI=1S/C20H23NO4/c1-14-6-5-7-17(12-14)25-11-4-3-8-19(22)21-18-13-16(20(23)24)10-9-15(18)2/h5-7,9-10,12-13H,3-4,8,11H2,1-2H3,(H,21,22)(H,23,24). The Bertz CT molecular complexity index is 755. The number of anilines is 1. The Morgan fingerprint density at radius 2 is 1.88 bits per heavy atom. The summed E-state index contributed by atoms with van der Waals surface area (Å²) < 4.78 is 5.65. The topological polar surface area (TPSA) is 75.6 Å². The molecule has 2 N–H and O–H groups in total. The number of hydrogen-bond acceptors (Lipinski definition) is 3. The van der Waals surface area contributed by atoms with Crippen molar-refractivity contribution in [1.82, 2.24) is 0 Å². The fraction of sp³-hybridized carbons (Fsp3) is 0.300. The number of benzene rings is 2. The summed E-state index contributed by atoms with van der Waals surface area (Å²) in [6, 6.07) is 12.5. The van der Waals surface area contributed by atoms with Gasteiger partial charge in [-0.2, -0.15) is 0 Å². The minimum atomic E-state index is -1.01. The number of carboxylic acids is 1. The minimum Gasteiger partial charge on any atom is -0.494 e. The number of rotatable bonds is 8. The zero-order valence-electron chi connectivity index (χ0n) is 14.5. The number of carbonyl (C=O) groups is 2. The molecule has 132 valence electrons. The van der Waals surface area contributed by atoms with Crippen molar-refractivity contribution in [2.45, 2.75) is 33.1 Å². The van der Waals surface area contributed by atoms with Crippen LogP contribution < -0.4 is 10.1 Å². The number of carboxylic acid groups (broad SMARTS) is 1. The normalized spacial score (nSPS) is 10.3. The second-order valence-electron chi connectivity index (χ2n) is 6.01. The Kier molecular flexibility index (Phi) is 6.57. The molecule has 0 unspecified atom stereocenters. The summed E-state index contributed by atoms with van der Waals surface area (Å²) in [6.07, 6.45) is 1.85. The molecule has 2 aromatic carbocycles. The number of aromatic carboxylic acids is 1. The molecule has 0 radical (unpaired) electrons. The van der Waals surface area contributed by atoms with Crippen LogP contribution in [0.5, 0.6) is 5.75 Å². The van der Waals surface area contributed by atoms with Gasteiger partial charge >= 0.3 is 5.97 Å². The molecule has 0 spiro atoms. The quantitative estimate of drug-likeness (QED) is 0.706. The van der Waals surface area contributed by atoms with Gasteiger partial charge in [-0.05, 0) is 62.1 Å². The zero-order valence-corrected chi connectivity index (χ0v) is 14.5. The Hall–Kier alpha value is -2.82. The van der Waals surface area contributed by atoms with Crippen molar-refractivity contribution in [2.75, 3.05) is 11.9 Å². The van der Waals surface area contributed by atoms with Crippen LogP contribution in [0.2, 0.25) is 0 Å². The number of carbonyl (C=O) groups excluding carboxylic acids is 1. The molecular formula is C20H23NO4. The molecule has 2 aromatic rings. The Labute approximate surface area is 147 Å². The lowest BCUT2D eigenvalue weighted by Gasteiger charge is -2.10. The van der Waals surface area contributed by atoms with Crippen LogP contribution in [0, 0.1) is 13.8 Å². The average molecular weight is 341 g/mol. The van der Waals surface area contributed by atoms with Gasteiger partial charge in [-0.15, -0.1) is 0 Å². The van der Waals surface area contributed by atoms with Gasteiger partial charge in [0.15, 0.2) is 0 Å². The van der Waals surface area contributed by atoms with Gasteiger partial charge in [0.1, 0.15) is 5.75 Å². The molecule has 1 amide bonds. The molecule has 0 atom stereocenters. The fourth-order valence-corrected chi connectivity index (χ4v) is 2.39. The molecule has 0 saturated heterocycles. The van der Waals surface area contributed by atoms with E-state index in [4.69, 9.17) is 9.84 Å². The molecule has 2 rings (SSSR count). The van der Waals surface area contributed by atoms with Crippen molar-refractivity contribution in [3.8, 4) is 5.75 Å². The third kappa shape index (κ3) is 5.95. The first kappa shape index (κ1) is 18.5. The summed E-state index contributed by atoms with van der Waals surface area (Å²) in [5, 5.41) is 11.8. The van der Waals surface area contributed by atoms with Crippen LogP contribution in [0.4, 0.5) is 5.69 Å². The molecule has 0 fully saturated rings.